The summed E-state index contributed by atoms with van der Waals surface area (Å²) in [6.07, 6.45) is 4.42. The zero-order chi connectivity index (χ0) is 19.1. The Morgan fingerprint density at radius 1 is 1.07 bits per heavy atom. The molecule has 0 aromatic heterocycles. The molecular weight excluding hydrogens is 338 g/mol. The van der Waals surface area contributed by atoms with Crippen LogP contribution in [0.4, 0.5) is 5.69 Å². The first-order valence-electron chi connectivity index (χ1n) is 9.85. The molecule has 1 fully saturated rings. The minimum absolute atomic E-state index is 0.0623. The van der Waals surface area contributed by atoms with Gasteiger partial charge in [0, 0.05) is 57.5 Å². The lowest BCUT2D eigenvalue weighted by Crippen LogP contribution is -2.56. The number of benzene rings is 1. The van der Waals surface area contributed by atoms with Gasteiger partial charge in [-0.25, -0.2) is 0 Å². The Hall–Kier alpha value is -2.05. The molecule has 2 N–H and O–H groups in total. The molecular formula is C21H33N5O. The van der Waals surface area contributed by atoms with Crippen LogP contribution < -0.4 is 15.5 Å². The lowest BCUT2D eigenvalue weighted by Gasteiger charge is -2.41. The summed E-state index contributed by atoms with van der Waals surface area (Å²) in [5.41, 5.74) is 2.59. The molecule has 0 aliphatic carbocycles. The van der Waals surface area contributed by atoms with Gasteiger partial charge >= 0.3 is 0 Å². The summed E-state index contributed by atoms with van der Waals surface area (Å²) in [5, 5.41) is 6.89. The third kappa shape index (κ3) is 5.47. The summed E-state index contributed by atoms with van der Waals surface area (Å²) in [7, 11) is 1.82. The number of nitrogens with zero attached hydrogens (tertiary/aromatic N) is 3. The Bertz CT molecular complexity index is 639. The predicted octanol–water partition coefficient (Wildman–Crippen LogP) is 1.84. The van der Waals surface area contributed by atoms with Gasteiger partial charge in [-0.05, 0) is 31.5 Å². The molecule has 0 radical (unpaired) electrons. The molecule has 1 saturated heterocycles. The van der Waals surface area contributed by atoms with Crippen molar-refractivity contribution in [2.24, 2.45) is 4.99 Å². The number of morpholine rings is 1. The molecule has 1 aromatic rings. The fourth-order valence-corrected chi connectivity index (χ4v) is 3.50. The first-order valence-corrected chi connectivity index (χ1v) is 9.85. The zero-order valence-corrected chi connectivity index (χ0v) is 16.9. The molecule has 6 heteroatoms. The van der Waals surface area contributed by atoms with E-state index in [-0.39, 0.29) is 5.54 Å². The maximum atomic E-state index is 5.47. The Balaban J connectivity index is 1.46. The smallest absolute Gasteiger partial charge is 0.191 e. The molecule has 0 saturated carbocycles. The van der Waals surface area contributed by atoms with Gasteiger partial charge in [0.25, 0.3) is 0 Å². The number of ether oxygens (including phenoxy) is 1. The van der Waals surface area contributed by atoms with E-state index in [9.17, 15) is 0 Å². The topological polar surface area (TPSA) is 52.1 Å². The first-order chi connectivity index (χ1) is 13.1. The van der Waals surface area contributed by atoms with Crippen LogP contribution >= 0.6 is 0 Å². The van der Waals surface area contributed by atoms with Gasteiger partial charge in [-0.3, -0.25) is 9.89 Å². The minimum atomic E-state index is 0.0623. The second kappa shape index (κ2) is 9.24. The summed E-state index contributed by atoms with van der Waals surface area (Å²) in [4.78, 5) is 9.19. The molecule has 0 bridgehead atoms. The van der Waals surface area contributed by atoms with Crippen molar-refractivity contribution < 1.29 is 4.74 Å². The quantitative estimate of drug-likeness (QED) is 0.454. The SMILES string of the molecule is CN=C(NCc1ccc(N2CC=CC2)cc1)NCC(C)(C)N1CCOCC1. The van der Waals surface area contributed by atoms with E-state index in [1.165, 1.54) is 11.3 Å². The van der Waals surface area contributed by atoms with Crippen LogP contribution in [0.1, 0.15) is 19.4 Å². The Morgan fingerprint density at radius 2 is 1.74 bits per heavy atom. The number of nitrogens with one attached hydrogen (secondary N) is 2. The normalized spacial score (nSPS) is 18.8. The molecule has 2 aliphatic heterocycles. The van der Waals surface area contributed by atoms with Gasteiger partial charge in [0.1, 0.15) is 0 Å². The highest BCUT2D eigenvalue weighted by atomic mass is 16.5. The lowest BCUT2D eigenvalue weighted by molar-refractivity contribution is -0.00834. The van der Waals surface area contributed by atoms with Crippen LogP contribution in [0.5, 0.6) is 0 Å². The highest BCUT2D eigenvalue weighted by Crippen LogP contribution is 2.18. The minimum Gasteiger partial charge on any atom is -0.379 e. The number of hydrogen-bond acceptors (Lipinski definition) is 4. The fraction of sp³-hybridized carbons (Fsp3) is 0.571. The number of hydrogen-bond donors (Lipinski definition) is 2. The van der Waals surface area contributed by atoms with Crippen molar-refractivity contribution in [2.45, 2.75) is 25.9 Å². The van der Waals surface area contributed by atoms with Crippen LogP contribution in [-0.2, 0) is 11.3 Å². The number of aliphatic imine (C=N–C) groups is 1. The van der Waals surface area contributed by atoms with Gasteiger partial charge in [-0.2, -0.15) is 0 Å². The standard InChI is InChI=1S/C21H33N5O/c1-21(2,26-12-14-27-15-13-26)17-24-20(22-3)23-16-18-6-8-19(9-7-18)25-10-4-5-11-25/h4-9H,10-17H2,1-3H3,(H2,22,23,24). The molecule has 0 amide bonds. The van der Waals surface area contributed by atoms with E-state index < -0.39 is 0 Å². The van der Waals surface area contributed by atoms with Crippen molar-refractivity contribution in [1.82, 2.24) is 15.5 Å². The third-order valence-corrected chi connectivity index (χ3v) is 5.36. The summed E-state index contributed by atoms with van der Waals surface area (Å²) in [6.45, 7) is 11.8. The Labute approximate surface area is 163 Å². The molecule has 3 rings (SSSR count). The molecule has 0 unspecified atom stereocenters. The van der Waals surface area contributed by atoms with E-state index in [0.29, 0.717) is 0 Å². The van der Waals surface area contributed by atoms with Gasteiger partial charge in [-0.15, -0.1) is 0 Å². The Morgan fingerprint density at radius 3 is 2.37 bits per heavy atom. The fourth-order valence-electron chi connectivity index (χ4n) is 3.50. The average molecular weight is 372 g/mol. The molecule has 0 spiro atoms. The van der Waals surface area contributed by atoms with E-state index in [1.54, 1.807) is 0 Å². The van der Waals surface area contributed by atoms with Crippen LogP contribution in [0.3, 0.4) is 0 Å². The van der Waals surface area contributed by atoms with Crippen LogP contribution in [0.25, 0.3) is 0 Å². The van der Waals surface area contributed by atoms with Crippen molar-refractivity contribution in [1.29, 1.82) is 0 Å². The number of anilines is 1. The third-order valence-electron chi connectivity index (χ3n) is 5.36. The molecule has 2 heterocycles. The van der Waals surface area contributed by atoms with Gasteiger partial charge in [-0.1, -0.05) is 24.3 Å². The average Bonchev–Trinajstić information content (AvgIpc) is 3.24. The van der Waals surface area contributed by atoms with E-state index in [2.05, 4.69) is 75.7 Å². The van der Waals surface area contributed by atoms with Gasteiger partial charge in [0.2, 0.25) is 0 Å². The molecule has 1 aromatic carbocycles. The summed E-state index contributed by atoms with van der Waals surface area (Å²) < 4.78 is 5.47. The van der Waals surface area contributed by atoms with Crippen LogP contribution in [0, 0.1) is 0 Å². The first kappa shape index (κ1) is 19.7. The van der Waals surface area contributed by atoms with Crippen LogP contribution in [0.2, 0.25) is 0 Å². The second-order valence-electron chi connectivity index (χ2n) is 7.73. The number of guanidine groups is 1. The van der Waals surface area contributed by atoms with Gasteiger partial charge in [0.05, 0.1) is 13.2 Å². The monoisotopic (exact) mass is 371 g/mol. The second-order valence-corrected chi connectivity index (χ2v) is 7.73. The lowest BCUT2D eigenvalue weighted by atomic mass is 10.0. The summed E-state index contributed by atoms with van der Waals surface area (Å²) >= 11 is 0. The van der Waals surface area contributed by atoms with Crippen molar-refractivity contribution in [3.8, 4) is 0 Å². The van der Waals surface area contributed by atoms with E-state index in [4.69, 9.17) is 4.74 Å². The van der Waals surface area contributed by atoms with Crippen molar-refractivity contribution in [3.05, 3.63) is 42.0 Å². The summed E-state index contributed by atoms with van der Waals surface area (Å²) in [5.74, 6) is 0.837. The zero-order valence-electron chi connectivity index (χ0n) is 16.9. The highest BCUT2D eigenvalue weighted by Gasteiger charge is 2.28. The molecule has 6 nitrogen and oxygen atoms in total. The van der Waals surface area contributed by atoms with Crippen molar-refractivity contribution in [3.63, 3.8) is 0 Å². The van der Waals surface area contributed by atoms with E-state index >= 15 is 0 Å². The van der Waals surface area contributed by atoms with Crippen LogP contribution in [-0.4, -0.2) is 69.4 Å². The largest absolute Gasteiger partial charge is 0.379 e. The van der Waals surface area contributed by atoms with Crippen molar-refractivity contribution in [2.75, 3.05) is 57.9 Å². The molecule has 2 aliphatic rings. The Kier molecular flexibility index (Phi) is 6.74. The predicted molar refractivity (Wildman–Crippen MR) is 112 cm³/mol. The van der Waals surface area contributed by atoms with Crippen molar-refractivity contribution >= 4 is 11.6 Å². The highest BCUT2D eigenvalue weighted by molar-refractivity contribution is 5.79. The maximum absolute atomic E-state index is 5.47. The number of rotatable bonds is 6. The maximum Gasteiger partial charge on any atom is 0.191 e. The molecule has 148 valence electrons. The van der Waals surface area contributed by atoms with E-state index in [0.717, 1.165) is 58.4 Å². The van der Waals surface area contributed by atoms with Gasteiger partial charge in [0.15, 0.2) is 5.96 Å². The van der Waals surface area contributed by atoms with E-state index in [1.807, 2.05) is 7.05 Å². The molecule has 0 atom stereocenters. The van der Waals surface area contributed by atoms with Gasteiger partial charge < -0.3 is 20.3 Å². The molecule has 27 heavy (non-hydrogen) atoms. The van der Waals surface area contributed by atoms with Crippen LogP contribution in [0.15, 0.2) is 41.4 Å². The summed E-state index contributed by atoms with van der Waals surface area (Å²) in [6, 6.07) is 8.76.